The molecular formula is C14H13BrFNO. The Morgan fingerprint density at radius 3 is 2.61 bits per heavy atom. The van der Waals surface area contributed by atoms with Gasteiger partial charge in [0, 0.05) is 16.6 Å². The van der Waals surface area contributed by atoms with Gasteiger partial charge < -0.3 is 10.5 Å². The smallest absolute Gasteiger partial charge is 0.165 e. The van der Waals surface area contributed by atoms with Gasteiger partial charge in [-0.15, -0.1) is 0 Å². The lowest BCUT2D eigenvalue weighted by Gasteiger charge is -2.09. The van der Waals surface area contributed by atoms with Gasteiger partial charge in [-0.25, -0.2) is 4.39 Å². The molecule has 0 aromatic heterocycles. The molecule has 0 unspecified atom stereocenters. The maximum absolute atomic E-state index is 13.6. The summed E-state index contributed by atoms with van der Waals surface area (Å²) >= 11 is 3.42. The van der Waals surface area contributed by atoms with Crippen LogP contribution in [0.5, 0.6) is 5.75 Å². The van der Waals surface area contributed by atoms with Crippen LogP contribution in [-0.2, 0) is 13.2 Å². The van der Waals surface area contributed by atoms with Gasteiger partial charge in [-0.3, -0.25) is 0 Å². The number of hydrogen-bond acceptors (Lipinski definition) is 2. The highest BCUT2D eigenvalue weighted by atomic mass is 79.9. The van der Waals surface area contributed by atoms with E-state index in [2.05, 4.69) is 15.9 Å². The fraction of sp³-hybridized carbons (Fsp3) is 0.143. The second-order valence-corrected chi connectivity index (χ2v) is 4.70. The fourth-order valence-corrected chi connectivity index (χ4v) is 1.96. The molecule has 0 aliphatic carbocycles. The van der Waals surface area contributed by atoms with Crippen LogP contribution in [0.1, 0.15) is 11.1 Å². The van der Waals surface area contributed by atoms with Crippen molar-refractivity contribution >= 4 is 15.9 Å². The first kappa shape index (κ1) is 13.1. The summed E-state index contributed by atoms with van der Waals surface area (Å²) in [4.78, 5) is 0. The molecule has 0 aliphatic rings. The molecule has 18 heavy (non-hydrogen) atoms. The van der Waals surface area contributed by atoms with E-state index in [1.54, 1.807) is 12.1 Å². The minimum absolute atomic E-state index is 0.239. The molecule has 0 spiro atoms. The van der Waals surface area contributed by atoms with Crippen LogP contribution in [0.4, 0.5) is 4.39 Å². The third-order valence-corrected chi connectivity index (χ3v) is 3.35. The largest absolute Gasteiger partial charge is 0.486 e. The van der Waals surface area contributed by atoms with Gasteiger partial charge in [0.15, 0.2) is 11.6 Å². The van der Waals surface area contributed by atoms with E-state index in [0.717, 1.165) is 15.6 Å². The molecule has 0 amide bonds. The number of nitrogens with two attached hydrogens (primary N) is 1. The molecule has 2 N–H and O–H groups in total. The molecule has 0 heterocycles. The van der Waals surface area contributed by atoms with Gasteiger partial charge in [-0.2, -0.15) is 0 Å². The summed E-state index contributed by atoms with van der Waals surface area (Å²) < 4.78 is 20.1. The van der Waals surface area contributed by atoms with Crippen LogP contribution in [-0.4, -0.2) is 0 Å². The Balaban J connectivity index is 2.09. The van der Waals surface area contributed by atoms with Crippen LogP contribution < -0.4 is 10.5 Å². The van der Waals surface area contributed by atoms with Gasteiger partial charge in [0.2, 0.25) is 0 Å². The SMILES string of the molecule is NCc1ccc(OCc2ccccc2Br)c(F)c1. The van der Waals surface area contributed by atoms with Crippen molar-refractivity contribution < 1.29 is 9.13 Å². The van der Waals surface area contributed by atoms with E-state index in [-0.39, 0.29) is 11.6 Å². The highest BCUT2D eigenvalue weighted by Gasteiger charge is 2.05. The average Bonchev–Trinajstić information content (AvgIpc) is 2.39. The van der Waals surface area contributed by atoms with E-state index in [0.29, 0.717) is 13.2 Å². The highest BCUT2D eigenvalue weighted by molar-refractivity contribution is 9.10. The van der Waals surface area contributed by atoms with Crippen molar-refractivity contribution in [2.45, 2.75) is 13.2 Å². The number of benzene rings is 2. The van der Waals surface area contributed by atoms with Crippen LogP contribution in [0.25, 0.3) is 0 Å². The molecule has 0 saturated heterocycles. The topological polar surface area (TPSA) is 35.2 Å². The Bertz CT molecular complexity index is 545. The van der Waals surface area contributed by atoms with Crippen molar-refractivity contribution in [3.8, 4) is 5.75 Å². The lowest BCUT2D eigenvalue weighted by Crippen LogP contribution is -2.01. The van der Waals surface area contributed by atoms with Crippen LogP contribution in [0.15, 0.2) is 46.9 Å². The minimum atomic E-state index is -0.384. The Labute approximate surface area is 114 Å². The van der Waals surface area contributed by atoms with Crippen molar-refractivity contribution in [3.05, 3.63) is 63.9 Å². The zero-order chi connectivity index (χ0) is 13.0. The summed E-state index contributed by atoms with van der Waals surface area (Å²) in [7, 11) is 0. The molecule has 2 nitrogen and oxygen atoms in total. The quantitative estimate of drug-likeness (QED) is 0.936. The third kappa shape index (κ3) is 3.09. The molecule has 2 aromatic rings. The van der Waals surface area contributed by atoms with E-state index in [1.807, 2.05) is 24.3 Å². The van der Waals surface area contributed by atoms with Gasteiger partial charge >= 0.3 is 0 Å². The van der Waals surface area contributed by atoms with Crippen molar-refractivity contribution in [2.24, 2.45) is 5.73 Å². The predicted molar refractivity (Wildman–Crippen MR) is 72.8 cm³/mol. The van der Waals surface area contributed by atoms with Crippen molar-refractivity contribution in [1.82, 2.24) is 0 Å². The zero-order valence-corrected chi connectivity index (χ0v) is 11.3. The Morgan fingerprint density at radius 2 is 1.94 bits per heavy atom. The fourth-order valence-electron chi connectivity index (χ4n) is 1.56. The standard InChI is InChI=1S/C14H13BrFNO/c15-12-4-2-1-3-11(12)9-18-14-6-5-10(8-17)7-13(14)16/h1-7H,8-9,17H2. The van der Waals surface area contributed by atoms with E-state index in [1.165, 1.54) is 6.07 Å². The van der Waals surface area contributed by atoms with Crippen LogP contribution in [0, 0.1) is 5.82 Å². The van der Waals surface area contributed by atoms with E-state index in [4.69, 9.17) is 10.5 Å². The van der Waals surface area contributed by atoms with E-state index in [9.17, 15) is 4.39 Å². The molecule has 0 atom stereocenters. The zero-order valence-electron chi connectivity index (χ0n) is 9.70. The van der Waals surface area contributed by atoms with Crippen molar-refractivity contribution in [3.63, 3.8) is 0 Å². The Kier molecular flexibility index (Phi) is 4.33. The third-order valence-electron chi connectivity index (χ3n) is 2.57. The van der Waals surface area contributed by atoms with E-state index >= 15 is 0 Å². The molecule has 0 aliphatic heterocycles. The molecule has 0 bridgehead atoms. The summed E-state index contributed by atoms with van der Waals surface area (Å²) in [5.41, 5.74) is 7.16. The van der Waals surface area contributed by atoms with Crippen molar-refractivity contribution in [1.29, 1.82) is 0 Å². The average molecular weight is 310 g/mol. The minimum Gasteiger partial charge on any atom is -0.486 e. The summed E-state index contributed by atoms with van der Waals surface area (Å²) in [6.45, 7) is 0.641. The molecular weight excluding hydrogens is 297 g/mol. The first-order chi connectivity index (χ1) is 8.70. The van der Waals surface area contributed by atoms with E-state index < -0.39 is 0 Å². The van der Waals surface area contributed by atoms with Crippen LogP contribution in [0.2, 0.25) is 0 Å². The first-order valence-corrected chi connectivity index (χ1v) is 6.34. The summed E-state index contributed by atoms with van der Waals surface area (Å²) in [5.74, 6) is -0.145. The normalized spacial score (nSPS) is 10.4. The predicted octanol–water partition coefficient (Wildman–Crippen LogP) is 3.63. The molecule has 0 saturated carbocycles. The molecule has 0 fully saturated rings. The summed E-state index contributed by atoms with van der Waals surface area (Å²) in [5, 5.41) is 0. The van der Waals surface area contributed by atoms with Gasteiger partial charge in [0.1, 0.15) is 6.61 Å². The molecule has 2 aromatic carbocycles. The summed E-state index contributed by atoms with van der Waals surface area (Å²) in [6, 6.07) is 12.5. The van der Waals surface area contributed by atoms with Gasteiger partial charge in [-0.05, 0) is 23.8 Å². The Hall–Kier alpha value is -1.39. The number of rotatable bonds is 4. The van der Waals surface area contributed by atoms with Crippen LogP contribution >= 0.6 is 15.9 Å². The van der Waals surface area contributed by atoms with Gasteiger partial charge in [0.25, 0.3) is 0 Å². The second-order valence-electron chi connectivity index (χ2n) is 3.85. The molecule has 94 valence electrons. The lowest BCUT2D eigenvalue weighted by molar-refractivity contribution is 0.289. The lowest BCUT2D eigenvalue weighted by atomic mass is 10.2. The first-order valence-electron chi connectivity index (χ1n) is 5.55. The van der Waals surface area contributed by atoms with Gasteiger partial charge in [-0.1, -0.05) is 40.2 Å². The maximum Gasteiger partial charge on any atom is 0.165 e. The monoisotopic (exact) mass is 309 g/mol. The number of halogens is 2. The highest BCUT2D eigenvalue weighted by Crippen LogP contribution is 2.22. The maximum atomic E-state index is 13.6. The molecule has 2 rings (SSSR count). The second kappa shape index (κ2) is 5.98. The number of ether oxygens (including phenoxy) is 1. The van der Waals surface area contributed by atoms with Crippen LogP contribution in [0.3, 0.4) is 0 Å². The summed E-state index contributed by atoms with van der Waals surface area (Å²) in [6.07, 6.45) is 0. The number of hydrogen-bond donors (Lipinski definition) is 1. The van der Waals surface area contributed by atoms with Gasteiger partial charge in [0.05, 0.1) is 0 Å². The molecule has 4 heteroatoms. The molecule has 0 radical (unpaired) electrons. The Morgan fingerprint density at radius 1 is 1.17 bits per heavy atom. The van der Waals surface area contributed by atoms with Crippen molar-refractivity contribution in [2.75, 3.05) is 0 Å².